The van der Waals surface area contributed by atoms with E-state index < -0.39 is 0 Å². The zero-order chi connectivity index (χ0) is 16.8. The Hall–Kier alpha value is -2.39. The highest BCUT2D eigenvalue weighted by Gasteiger charge is 2.12. The number of methoxy groups -OCH3 is 3. The van der Waals surface area contributed by atoms with Crippen molar-refractivity contribution in [1.29, 1.82) is 5.26 Å². The van der Waals surface area contributed by atoms with Gasteiger partial charge in [0, 0.05) is 16.1 Å². The third kappa shape index (κ3) is 3.88. The Morgan fingerprint density at radius 3 is 2.13 bits per heavy atom. The summed E-state index contributed by atoms with van der Waals surface area (Å²) in [5.41, 5.74) is 1.41. The summed E-state index contributed by atoms with van der Waals surface area (Å²) < 4.78 is 22.5. The van der Waals surface area contributed by atoms with Crippen LogP contribution in [0, 0.1) is 11.3 Å². The molecule has 0 radical (unpaired) electrons. The van der Waals surface area contributed by atoms with Crippen LogP contribution in [0.15, 0.2) is 34.8 Å². The van der Waals surface area contributed by atoms with Crippen LogP contribution in [0.3, 0.4) is 0 Å². The molecule has 0 N–H and O–H groups in total. The zero-order valence-electron chi connectivity index (χ0n) is 13.1. The first-order valence-electron chi connectivity index (χ1n) is 6.74. The number of nitrogens with zero attached hydrogens (tertiary/aromatic N) is 1. The summed E-state index contributed by atoms with van der Waals surface area (Å²) in [5.74, 6) is 2.34. The van der Waals surface area contributed by atoms with E-state index in [1.807, 2.05) is 12.1 Å². The van der Waals surface area contributed by atoms with E-state index in [4.69, 9.17) is 24.2 Å². The molecule has 120 valence electrons. The fourth-order valence-corrected chi connectivity index (χ4v) is 2.46. The van der Waals surface area contributed by atoms with Crippen molar-refractivity contribution in [3.8, 4) is 29.1 Å². The molecule has 2 rings (SSSR count). The quantitative estimate of drug-likeness (QED) is 0.763. The van der Waals surface area contributed by atoms with Crippen molar-refractivity contribution >= 4 is 15.9 Å². The number of ether oxygens (including phenoxy) is 4. The molecule has 0 heterocycles. The molecular formula is C17H16BrNO4. The number of halogens is 1. The van der Waals surface area contributed by atoms with Gasteiger partial charge in [-0.2, -0.15) is 5.26 Å². The summed E-state index contributed by atoms with van der Waals surface area (Å²) in [6, 6.07) is 10.8. The molecular weight excluding hydrogens is 362 g/mol. The average Bonchev–Trinajstić information content (AvgIpc) is 2.60. The highest BCUT2D eigenvalue weighted by Crippen LogP contribution is 2.35. The van der Waals surface area contributed by atoms with E-state index in [0.29, 0.717) is 35.2 Å². The summed E-state index contributed by atoms with van der Waals surface area (Å²) >= 11 is 3.49. The van der Waals surface area contributed by atoms with Crippen molar-refractivity contribution in [1.82, 2.24) is 0 Å². The van der Waals surface area contributed by atoms with Crippen molar-refractivity contribution in [2.75, 3.05) is 21.3 Å². The Bertz CT molecular complexity index is 740. The third-order valence-electron chi connectivity index (χ3n) is 3.23. The number of hydrogen-bond donors (Lipinski definition) is 0. The smallest absolute Gasteiger partial charge is 0.162 e. The molecule has 0 atom stereocenters. The van der Waals surface area contributed by atoms with E-state index in [0.717, 1.165) is 10.0 Å². The van der Waals surface area contributed by atoms with Crippen LogP contribution >= 0.6 is 15.9 Å². The lowest BCUT2D eigenvalue weighted by Crippen LogP contribution is -2.00. The second-order valence-electron chi connectivity index (χ2n) is 4.56. The third-order valence-corrected chi connectivity index (χ3v) is 3.97. The summed E-state index contributed by atoms with van der Waals surface area (Å²) in [4.78, 5) is 0. The highest BCUT2D eigenvalue weighted by molar-refractivity contribution is 9.10. The van der Waals surface area contributed by atoms with Gasteiger partial charge in [-0.3, -0.25) is 0 Å². The van der Waals surface area contributed by atoms with Crippen LogP contribution in [-0.4, -0.2) is 21.3 Å². The van der Waals surface area contributed by atoms with Crippen LogP contribution in [0.1, 0.15) is 11.1 Å². The standard InChI is InChI=1S/C17H16BrNO4/c1-20-15-6-11(9-19)4-5-14(15)23-10-12-7-16(21-2)17(22-3)8-13(12)18/h4-8H,10H2,1-3H3. The molecule has 6 heteroatoms. The molecule has 2 aromatic rings. The summed E-state index contributed by atoms with van der Waals surface area (Å²) in [7, 11) is 4.71. The minimum atomic E-state index is 0.309. The Balaban J connectivity index is 2.23. The summed E-state index contributed by atoms with van der Waals surface area (Å²) in [6.07, 6.45) is 0. The fourth-order valence-electron chi connectivity index (χ4n) is 2.02. The average molecular weight is 378 g/mol. The zero-order valence-corrected chi connectivity index (χ0v) is 14.6. The normalized spacial score (nSPS) is 9.87. The Labute approximate surface area is 143 Å². The lowest BCUT2D eigenvalue weighted by molar-refractivity contribution is 0.282. The molecule has 5 nitrogen and oxygen atoms in total. The Morgan fingerprint density at radius 1 is 0.913 bits per heavy atom. The predicted octanol–water partition coefficient (Wildman–Crippen LogP) is 3.93. The molecule has 0 amide bonds. The van der Waals surface area contributed by atoms with Crippen molar-refractivity contribution < 1.29 is 18.9 Å². The van der Waals surface area contributed by atoms with Gasteiger partial charge < -0.3 is 18.9 Å². The van der Waals surface area contributed by atoms with Gasteiger partial charge >= 0.3 is 0 Å². The second kappa shape index (κ2) is 7.75. The first-order valence-corrected chi connectivity index (χ1v) is 7.53. The molecule has 0 unspecified atom stereocenters. The van der Waals surface area contributed by atoms with Gasteiger partial charge in [0.1, 0.15) is 6.61 Å². The second-order valence-corrected chi connectivity index (χ2v) is 5.42. The maximum atomic E-state index is 8.92. The first-order chi connectivity index (χ1) is 11.1. The minimum absolute atomic E-state index is 0.309. The van der Waals surface area contributed by atoms with Crippen LogP contribution in [0.5, 0.6) is 23.0 Å². The van der Waals surface area contributed by atoms with Gasteiger partial charge in [0.15, 0.2) is 23.0 Å². The number of rotatable bonds is 6. The molecule has 0 saturated heterocycles. The summed E-state index contributed by atoms with van der Waals surface area (Å²) in [5, 5.41) is 8.92. The molecule has 0 aliphatic heterocycles. The first kappa shape index (κ1) is 17.0. The van der Waals surface area contributed by atoms with Gasteiger partial charge in [-0.25, -0.2) is 0 Å². The van der Waals surface area contributed by atoms with Crippen molar-refractivity contribution in [3.05, 3.63) is 45.9 Å². The van der Waals surface area contributed by atoms with Crippen LogP contribution < -0.4 is 18.9 Å². The topological polar surface area (TPSA) is 60.7 Å². The molecule has 2 aromatic carbocycles. The number of nitriles is 1. The van der Waals surface area contributed by atoms with Gasteiger partial charge in [-0.1, -0.05) is 15.9 Å². The fraction of sp³-hybridized carbons (Fsp3) is 0.235. The van der Waals surface area contributed by atoms with Gasteiger partial charge in [0.2, 0.25) is 0 Å². The number of benzene rings is 2. The highest BCUT2D eigenvalue weighted by atomic mass is 79.9. The lowest BCUT2D eigenvalue weighted by atomic mass is 10.2. The van der Waals surface area contributed by atoms with E-state index in [2.05, 4.69) is 22.0 Å². The molecule has 0 aliphatic rings. The van der Waals surface area contributed by atoms with Crippen LogP contribution in [-0.2, 0) is 6.61 Å². The maximum absolute atomic E-state index is 8.92. The molecule has 0 aliphatic carbocycles. The van der Waals surface area contributed by atoms with E-state index in [1.165, 1.54) is 7.11 Å². The Morgan fingerprint density at radius 2 is 1.52 bits per heavy atom. The molecule has 0 saturated carbocycles. The molecule has 0 bridgehead atoms. The summed E-state index contributed by atoms with van der Waals surface area (Å²) in [6.45, 7) is 0.309. The van der Waals surface area contributed by atoms with Crippen molar-refractivity contribution in [2.45, 2.75) is 6.61 Å². The van der Waals surface area contributed by atoms with E-state index in [1.54, 1.807) is 32.4 Å². The largest absolute Gasteiger partial charge is 0.493 e. The Kier molecular flexibility index (Phi) is 5.72. The van der Waals surface area contributed by atoms with Gasteiger partial charge in [-0.15, -0.1) is 0 Å². The van der Waals surface area contributed by atoms with Crippen LogP contribution in [0.2, 0.25) is 0 Å². The van der Waals surface area contributed by atoms with Gasteiger partial charge in [-0.05, 0) is 24.3 Å². The van der Waals surface area contributed by atoms with Gasteiger partial charge in [0.25, 0.3) is 0 Å². The number of hydrogen-bond acceptors (Lipinski definition) is 5. The SMILES string of the molecule is COc1cc(Br)c(COc2ccc(C#N)cc2OC)cc1OC. The molecule has 0 fully saturated rings. The monoisotopic (exact) mass is 377 g/mol. The maximum Gasteiger partial charge on any atom is 0.162 e. The van der Waals surface area contributed by atoms with Crippen molar-refractivity contribution in [2.24, 2.45) is 0 Å². The van der Waals surface area contributed by atoms with E-state index >= 15 is 0 Å². The van der Waals surface area contributed by atoms with E-state index in [-0.39, 0.29) is 0 Å². The molecule has 23 heavy (non-hydrogen) atoms. The predicted molar refractivity (Wildman–Crippen MR) is 89.3 cm³/mol. The minimum Gasteiger partial charge on any atom is -0.493 e. The van der Waals surface area contributed by atoms with Crippen LogP contribution in [0.25, 0.3) is 0 Å². The molecule has 0 aromatic heterocycles. The van der Waals surface area contributed by atoms with Crippen molar-refractivity contribution in [3.63, 3.8) is 0 Å². The van der Waals surface area contributed by atoms with E-state index in [9.17, 15) is 0 Å². The van der Waals surface area contributed by atoms with Crippen LogP contribution in [0.4, 0.5) is 0 Å². The van der Waals surface area contributed by atoms with Gasteiger partial charge in [0.05, 0.1) is 33.0 Å². The lowest BCUT2D eigenvalue weighted by Gasteiger charge is -2.14. The molecule has 0 spiro atoms.